The second-order valence-corrected chi connectivity index (χ2v) is 8.31. The highest BCUT2D eigenvalue weighted by Gasteiger charge is 2.22. The van der Waals surface area contributed by atoms with E-state index < -0.39 is 9.84 Å². The maximum Gasteiger partial charge on any atom is 0.178 e. The van der Waals surface area contributed by atoms with Crippen LogP contribution in [0.4, 0.5) is 5.69 Å². The van der Waals surface area contributed by atoms with Gasteiger partial charge < -0.3 is 5.32 Å². The van der Waals surface area contributed by atoms with Gasteiger partial charge in [-0.1, -0.05) is 25.1 Å². The highest BCUT2D eigenvalue weighted by molar-refractivity contribution is 7.99. The lowest BCUT2D eigenvalue weighted by atomic mass is 10.1. The number of benzene rings is 2. The fraction of sp³-hybridized carbons (Fsp3) is 0.250. The van der Waals surface area contributed by atoms with Gasteiger partial charge in [0.1, 0.15) is 0 Å². The molecule has 0 saturated carbocycles. The molecule has 1 unspecified atom stereocenters. The first-order valence-electron chi connectivity index (χ1n) is 6.91. The molecular weight excluding hydrogens is 302 g/mol. The third-order valence-electron chi connectivity index (χ3n) is 3.63. The number of fused-ring (bicyclic) bond motifs is 1. The molecule has 2 aromatic rings. The molecule has 0 amide bonds. The normalized spacial score (nSPS) is 17.5. The number of rotatable bonds is 4. The smallest absolute Gasteiger partial charge is 0.178 e. The molecule has 0 aromatic heterocycles. The summed E-state index contributed by atoms with van der Waals surface area (Å²) in [5.74, 6) is 1.13. The molecule has 110 valence electrons. The molecule has 0 saturated heterocycles. The molecule has 0 aliphatic carbocycles. The summed E-state index contributed by atoms with van der Waals surface area (Å²) in [6, 6.07) is 15.7. The second kappa shape index (κ2) is 5.73. The third-order valence-corrected chi connectivity index (χ3v) is 6.57. The Morgan fingerprint density at radius 2 is 1.86 bits per heavy atom. The largest absolute Gasteiger partial charge is 0.377 e. The number of hydrogen-bond donors (Lipinski definition) is 1. The Bertz CT molecular complexity index is 739. The van der Waals surface area contributed by atoms with Crippen molar-refractivity contribution >= 4 is 27.3 Å². The monoisotopic (exact) mass is 319 g/mol. The van der Waals surface area contributed by atoms with Gasteiger partial charge in [0.2, 0.25) is 0 Å². The summed E-state index contributed by atoms with van der Waals surface area (Å²) in [6.45, 7) is 1.66. The van der Waals surface area contributed by atoms with E-state index in [9.17, 15) is 8.42 Å². The van der Waals surface area contributed by atoms with Gasteiger partial charge in [0.05, 0.1) is 16.7 Å². The van der Waals surface area contributed by atoms with Crippen molar-refractivity contribution < 1.29 is 8.42 Å². The van der Waals surface area contributed by atoms with Gasteiger partial charge in [-0.15, -0.1) is 11.8 Å². The van der Waals surface area contributed by atoms with Gasteiger partial charge in [-0.25, -0.2) is 8.42 Å². The number of thioether (sulfide) groups is 1. The first kappa shape index (κ1) is 14.5. The lowest BCUT2D eigenvalue weighted by Crippen LogP contribution is -2.10. The molecule has 3 nitrogen and oxygen atoms in total. The lowest BCUT2D eigenvalue weighted by molar-refractivity contribution is 0.597. The van der Waals surface area contributed by atoms with E-state index in [-0.39, 0.29) is 11.8 Å². The second-order valence-electron chi connectivity index (χ2n) is 4.97. The summed E-state index contributed by atoms with van der Waals surface area (Å²) >= 11 is 1.85. The Kier molecular flexibility index (Phi) is 3.95. The highest BCUT2D eigenvalue weighted by Crippen LogP contribution is 2.39. The van der Waals surface area contributed by atoms with E-state index in [0.29, 0.717) is 4.90 Å². The van der Waals surface area contributed by atoms with E-state index in [1.807, 2.05) is 23.9 Å². The van der Waals surface area contributed by atoms with Gasteiger partial charge in [-0.3, -0.25) is 0 Å². The molecular formula is C16H17NO2S2. The molecule has 0 fully saturated rings. The molecule has 0 spiro atoms. The van der Waals surface area contributed by atoms with E-state index in [1.165, 1.54) is 10.5 Å². The summed E-state index contributed by atoms with van der Waals surface area (Å²) in [5.41, 5.74) is 2.26. The van der Waals surface area contributed by atoms with Crippen molar-refractivity contribution in [3.05, 3.63) is 54.1 Å². The van der Waals surface area contributed by atoms with Crippen molar-refractivity contribution in [2.75, 3.05) is 16.8 Å². The number of hydrogen-bond acceptors (Lipinski definition) is 4. The average Bonchev–Trinajstić information content (AvgIpc) is 2.91. The Labute approximate surface area is 129 Å². The summed E-state index contributed by atoms with van der Waals surface area (Å²) in [6.07, 6.45) is 0. The predicted octanol–water partition coefficient (Wildman–Crippen LogP) is 3.74. The molecule has 0 radical (unpaired) electrons. The van der Waals surface area contributed by atoms with Crippen LogP contribution in [0.1, 0.15) is 18.5 Å². The van der Waals surface area contributed by atoms with Crippen LogP contribution in [0.3, 0.4) is 0 Å². The van der Waals surface area contributed by atoms with Crippen molar-refractivity contribution in [2.24, 2.45) is 0 Å². The molecule has 0 bridgehead atoms. The topological polar surface area (TPSA) is 46.2 Å². The van der Waals surface area contributed by atoms with E-state index >= 15 is 0 Å². The molecule has 1 N–H and O–H groups in total. The zero-order valence-corrected chi connectivity index (χ0v) is 13.4. The summed E-state index contributed by atoms with van der Waals surface area (Å²) in [4.78, 5) is 1.71. The SMILES string of the molecule is CCS(=O)(=O)c1ccc(NC2CSc3ccccc32)cc1. The third kappa shape index (κ3) is 2.94. The molecule has 2 aromatic carbocycles. The molecule has 1 atom stereocenters. The maximum atomic E-state index is 11.8. The summed E-state index contributed by atoms with van der Waals surface area (Å²) in [7, 11) is -3.12. The molecule has 5 heteroatoms. The van der Waals surface area contributed by atoms with Gasteiger partial charge in [-0.2, -0.15) is 0 Å². The Morgan fingerprint density at radius 1 is 1.14 bits per heavy atom. The van der Waals surface area contributed by atoms with Crippen LogP contribution in [0, 0.1) is 0 Å². The zero-order valence-electron chi connectivity index (χ0n) is 11.7. The first-order chi connectivity index (χ1) is 10.1. The van der Waals surface area contributed by atoms with Gasteiger partial charge >= 0.3 is 0 Å². The fourth-order valence-corrected chi connectivity index (χ4v) is 4.45. The quantitative estimate of drug-likeness (QED) is 0.932. The minimum absolute atomic E-state index is 0.131. The van der Waals surface area contributed by atoms with Crippen LogP contribution < -0.4 is 5.32 Å². The number of sulfone groups is 1. The number of nitrogens with one attached hydrogen (secondary N) is 1. The van der Waals surface area contributed by atoms with Crippen molar-refractivity contribution in [3.8, 4) is 0 Å². The fourth-order valence-electron chi connectivity index (χ4n) is 2.41. The van der Waals surface area contributed by atoms with Crippen molar-refractivity contribution in [1.29, 1.82) is 0 Å². The lowest BCUT2D eigenvalue weighted by Gasteiger charge is -2.15. The Hall–Kier alpha value is -1.46. The zero-order chi connectivity index (χ0) is 14.9. The molecule has 1 aliphatic heterocycles. The van der Waals surface area contributed by atoms with Crippen LogP contribution in [0.2, 0.25) is 0 Å². The van der Waals surface area contributed by atoms with E-state index in [0.717, 1.165) is 11.4 Å². The highest BCUT2D eigenvalue weighted by atomic mass is 32.2. The van der Waals surface area contributed by atoms with Crippen LogP contribution >= 0.6 is 11.8 Å². The van der Waals surface area contributed by atoms with Crippen molar-refractivity contribution in [2.45, 2.75) is 22.8 Å². The van der Waals surface area contributed by atoms with Crippen LogP contribution in [0.5, 0.6) is 0 Å². The van der Waals surface area contributed by atoms with Crippen LogP contribution in [-0.2, 0) is 9.84 Å². The number of anilines is 1. The van der Waals surface area contributed by atoms with E-state index in [2.05, 4.69) is 29.6 Å². The van der Waals surface area contributed by atoms with Crippen LogP contribution in [0.15, 0.2) is 58.3 Å². The van der Waals surface area contributed by atoms with E-state index in [1.54, 1.807) is 19.1 Å². The molecule has 1 heterocycles. The minimum Gasteiger partial charge on any atom is -0.377 e. The average molecular weight is 319 g/mol. The minimum atomic E-state index is -3.12. The van der Waals surface area contributed by atoms with Crippen molar-refractivity contribution in [3.63, 3.8) is 0 Å². The van der Waals surface area contributed by atoms with Crippen molar-refractivity contribution in [1.82, 2.24) is 0 Å². The van der Waals surface area contributed by atoms with Gasteiger partial charge in [0.25, 0.3) is 0 Å². The summed E-state index contributed by atoms with van der Waals surface area (Å²) in [5, 5.41) is 3.48. The van der Waals surface area contributed by atoms with E-state index in [4.69, 9.17) is 0 Å². The Morgan fingerprint density at radius 3 is 2.57 bits per heavy atom. The molecule has 3 rings (SSSR count). The van der Waals surface area contributed by atoms with Crippen LogP contribution in [-0.4, -0.2) is 19.9 Å². The molecule has 1 aliphatic rings. The Balaban J connectivity index is 1.78. The van der Waals surface area contributed by atoms with Crippen LogP contribution in [0.25, 0.3) is 0 Å². The van der Waals surface area contributed by atoms with Gasteiger partial charge in [0.15, 0.2) is 9.84 Å². The maximum absolute atomic E-state index is 11.8. The molecule has 21 heavy (non-hydrogen) atoms. The van der Waals surface area contributed by atoms with Gasteiger partial charge in [-0.05, 0) is 35.9 Å². The predicted molar refractivity (Wildman–Crippen MR) is 87.7 cm³/mol. The van der Waals surface area contributed by atoms with Gasteiger partial charge in [0, 0.05) is 16.3 Å². The first-order valence-corrected chi connectivity index (χ1v) is 9.55. The standard InChI is InChI=1S/C16H17NO2S2/c1-2-21(18,19)13-9-7-12(8-10-13)17-15-11-20-16-6-4-3-5-14(15)16/h3-10,15,17H,2,11H2,1H3. The summed E-state index contributed by atoms with van der Waals surface area (Å²) < 4.78 is 23.6.